The van der Waals surface area contributed by atoms with Crippen molar-refractivity contribution in [3.05, 3.63) is 29.1 Å². The van der Waals surface area contributed by atoms with Crippen molar-refractivity contribution in [2.24, 2.45) is 44.8 Å². The van der Waals surface area contributed by atoms with Gasteiger partial charge in [-0.15, -0.1) is 0 Å². The van der Waals surface area contributed by atoms with Gasteiger partial charge in [0.25, 0.3) is 0 Å². The number of H-pyrrole nitrogens is 1. The summed E-state index contributed by atoms with van der Waals surface area (Å²) in [6.07, 6.45) is 13.4. The van der Waals surface area contributed by atoms with E-state index in [9.17, 15) is 15.0 Å². The van der Waals surface area contributed by atoms with Gasteiger partial charge in [0.2, 0.25) is 0 Å². The molecule has 36 heavy (non-hydrogen) atoms. The molecular formula is C31H46N2O3. The summed E-state index contributed by atoms with van der Waals surface area (Å²) in [6, 6.07) is 0. The van der Waals surface area contributed by atoms with Crippen LogP contribution < -0.4 is 0 Å². The van der Waals surface area contributed by atoms with Crippen LogP contribution in [0.1, 0.15) is 104 Å². The summed E-state index contributed by atoms with van der Waals surface area (Å²) >= 11 is 0. The second-order valence-corrected chi connectivity index (χ2v) is 15.2. The van der Waals surface area contributed by atoms with Crippen LogP contribution in [0.4, 0.5) is 0 Å². The quantitative estimate of drug-likeness (QED) is 0.422. The van der Waals surface area contributed by atoms with Gasteiger partial charge in [0.05, 0.1) is 18.2 Å². The molecule has 5 aliphatic rings. The van der Waals surface area contributed by atoms with E-state index in [2.05, 4.69) is 57.8 Å². The molecule has 0 radical (unpaired) electrons. The Labute approximate surface area is 216 Å². The fraction of sp³-hybridized carbons (Fsp3) is 0.806. The maximum atomic E-state index is 12.8. The molecule has 0 bridgehead atoms. The van der Waals surface area contributed by atoms with Crippen LogP contribution >= 0.6 is 0 Å². The Hall–Kier alpha value is -1.62. The van der Waals surface area contributed by atoms with Crippen molar-refractivity contribution in [3.8, 4) is 0 Å². The van der Waals surface area contributed by atoms with Crippen LogP contribution in [0, 0.1) is 44.8 Å². The molecule has 3 N–H and O–H groups in total. The Morgan fingerprint density at radius 3 is 2.47 bits per heavy atom. The average Bonchev–Trinajstić information content (AvgIpc) is 3.27. The first-order chi connectivity index (χ1) is 16.8. The number of carbonyl (C=O) groups is 1. The summed E-state index contributed by atoms with van der Waals surface area (Å²) in [5.41, 5.74) is 3.41. The molecule has 5 nitrogen and oxygen atoms in total. The maximum absolute atomic E-state index is 12.8. The van der Waals surface area contributed by atoms with E-state index in [0.717, 1.165) is 63.5 Å². The third kappa shape index (κ3) is 2.77. The van der Waals surface area contributed by atoms with Crippen molar-refractivity contribution in [3.63, 3.8) is 0 Å². The van der Waals surface area contributed by atoms with E-state index in [1.807, 2.05) is 6.20 Å². The number of aromatic nitrogens is 2. The number of aromatic amines is 1. The van der Waals surface area contributed by atoms with E-state index < -0.39 is 11.4 Å². The number of aliphatic hydroxyl groups is 1. The summed E-state index contributed by atoms with van der Waals surface area (Å²) in [5, 5.41) is 28.9. The summed E-state index contributed by atoms with van der Waals surface area (Å²) in [4.78, 5) is 12.8. The van der Waals surface area contributed by atoms with Crippen molar-refractivity contribution in [2.75, 3.05) is 6.61 Å². The van der Waals surface area contributed by atoms with Gasteiger partial charge in [-0.05, 0) is 103 Å². The van der Waals surface area contributed by atoms with Crippen LogP contribution in [-0.2, 0) is 16.6 Å². The topological polar surface area (TPSA) is 86.2 Å². The van der Waals surface area contributed by atoms with Crippen LogP contribution in [0.5, 0.6) is 0 Å². The van der Waals surface area contributed by atoms with Crippen molar-refractivity contribution in [1.82, 2.24) is 10.2 Å². The molecule has 0 aliphatic heterocycles. The monoisotopic (exact) mass is 494 g/mol. The highest BCUT2D eigenvalue weighted by atomic mass is 16.4. The van der Waals surface area contributed by atoms with Crippen molar-refractivity contribution >= 4 is 5.97 Å². The van der Waals surface area contributed by atoms with Gasteiger partial charge in [-0.1, -0.05) is 53.2 Å². The maximum Gasteiger partial charge on any atom is 0.310 e. The predicted octanol–water partition coefficient (Wildman–Crippen LogP) is 6.28. The lowest BCUT2D eigenvalue weighted by molar-refractivity contribution is -0.179. The molecule has 0 amide bonds. The number of hydrogen-bond donors (Lipinski definition) is 3. The van der Waals surface area contributed by atoms with E-state index in [4.69, 9.17) is 0 Å². The molecule has 8 atom stereocenters. The number of allylic oxidation sites excluding steroid dienone is 2. The van der Waals surface area contributed by atoms with Gasteiger partial charge in [-0.3, -0.25) is 9.89 Å². The third-order valence-corrected chi connectivity index (χ3v) is 13.3. The molecule has 198 valence electrons. The fourth-order valence-electron chi connectivity index (χ4n) is 11.0. The molecule has 1 heterocycles. The first-order valence-electron chi connectivity index (χ1n) is 14.4. The number of hydrogen-bond acceptors (Lipinski definition) is 3. The molecule has 3 saturated carbocycles. The largest absolute Gasteiger partial charge is 0.481 e. The summed E-state index contributed by atoms with van der Waals surface area (Å²) in [7, 11) is 0. The Bertz CT molecular complexity index is 1140. The number of carboxylic acid groups (broad SMARTS) is 1. The third-order valence-electron chi connectivity index (χ3n) is 13.3. The molecule has 3 fully saturated rings. The number of nitrogens with zero attached hydrogens (tertiary/aromatic N) is 1. The van der Waals surface area contributed by atoms with Gasteiger partial charge in [0, 0.05) is 11.1 Å². The standard InChI is InChI=1S/C31H46N2O3/c1-26(2)11-13-31(25(35)36)14-12-29(5)20(21(31)16-26)7-8-23-27(3)15-19-17-32-33-24(19)28(4,18-34)22(27)9-10-30(23,29)6/h7,17,21-23,34H,8-16,18H2,1-6H3,(H,32,33)(H,35,36)/t21-,22+,23+,27-,28-,29+,30+,31-/m0/s1. The highest BCUT2D eigenvalue weighted by Crippen LogP contribution is 2.75. The number of carboxylic acids is 1. The molecule has 1 aromatic heterocycles. The number of rotatable bonds is 2. The minimum atomic E-state index is -0.586. The number of fused-ring (bicyclic) bond motifs is 8. The molecule has 0 aromatic carbocycles. The Morgan fingerprint density at radius 2 is 1.78 bits per heavy atom. The lowest BCUT2D eigenvalue weighted by Crippen LogP contribution is -2.65. The smallest absolute Gasteiger partial charge is 0.310 e. The molecule has 6 rings (SSSR count). The van der Waals surface area contributed by atoms with E-state index in [1.165, 1.54) is 11.1 Å². The fourth-order valence-corrected chi connectivity index (χ4v) is 11.0. The predicted molar refractivity (Wildman–Crippen MR) is 140 cm³/mol. The summed E-state index contributed by atoms with van der Waals surface area (Å²) in [5.74, 6) is 0.484. The van der Waals surface area contributed by atoms with E-state index in [-0.39, 0.29) is 39.6 Å². The Balaban J connectivity index is 1.47. The van der Waals surface area contributed by atoms with Crippen molar-refractivity contribution < 1.29 is 15.0 Å². The number of aliphatic carboxylic acids is 1. The zero-order valence-electron chi connectivity index (χ0n) is 23.2. The van der Waals surface area contributed by atoms with Gasteiger partial charge < -0.3 is 10.2 Å². The second-order valence-electron chi connectivity index (χ2n) is 15.2. The minimum absolute atomic E-state index is 0.0211. The zero-order chi connectivity index (χ0) is 25.9. The second kappa shape index (κ2) is 7.27. The Kier molecular flexibility index (Phi) is 4.99. The first-order valence-corrected chi connectivity index (χ1v) is 14.4. The van der Waals surface area contributed by atoms with Gasteiger partial charge in [-0.25, -0.2) is 0 Å². The number of nitrogens with one attached hydrogen (secondary N) is 1. The van der Waals surface area contributed by atoms with E-state index >= 15 is 0 Å². The zero-order valence-corrected chi connectivity index (χ0v) is 23.2. The molecule has 5 heteroatoms. The van der Waals surface area contributed by atoms with Crippen LogP contribution in [-0.4, -0.2) is 33.0 Å². The number of aliphatic hydroxyl groups excluding tert-OH is 1. The molecule has 1 aromatic rings. The lowest BCUT2D eigenvalue weighted by atomic mass is 9.33. The molecule has 0 saturated heterocycles. The highest BCUT2D eigenvalue weighted by molar-refractivity contribution is 5.76. The van der Waals surface area contributed by atoms with Crippen LogP contribution in [0.25, 0.3) is 0 Å². The van der Waals surface area contributed by atoms with Crippen LogP contribution in [0.3, 0.4) is 0 Å². The molecule has 0 spiro atoms. The average molecular weight is 495 g/mol. The molecule has 0 unspecified atom stereocenters. The van der Waals surface area contributed by atoms with E-state index in [1.54, 1.807) is 0 Å². The van der Waals surface area contributed by atoms with Crippen molar-refractivity contribution in [2.45, 2.75) is 105 Å². The van der Waals surface area contributed by atoms with Gasteiger partial charge in [0.15, 0.2) is 0 Å². The van der Waals surface area contributed by atoms with Gasteiger partial charge >= 0.3 is 5.97 Å². The Morgan fingerprint density at radius 1 is 1.06 bits per heavy atom. The minimum Gasteiger partial charge on any atom is -0.481 e. The van der Waals surface area contributed by atoms with Gasteiger partial charge in [0.1, 0.15) is 0 Å². The summed E-state index contributed by atoms with van der Waals surface area (Å²) in [6.45, 7) is 14.6. The van der Waals surface area contributed by atoms with Crippen LogP contribution in [0.2, 0.25) is 0 Å². The van der Waals surface area contributed by atoms with E-state index in [0.29, 0.717) is 11.8 Å². The highest BCUT2D eigenvalue weighted by Gasteiger charge is 2.69. The first kappa shape index (κ1) is 24.7. The van der Waals surface area contributed by atoms with Crippen molar-refractivity contribution in [1.29, 1.82) is 0 Å². The normalized spacial score (nSPS) is 49.0. The lowest BCUT2D eigenvalue weighted by Gasteiger charge is -2.70. The SMILES string of the molecule is CC1(C)CC[C@]2(C(=O)O)CC[C@]3(C)C(=CC[C@@H]4[C@@]5(C)Cc6cn[nH]c6[C@@](C)(CO)[C@@H]5CC[C@]43C)[C@@H]2C1. The molecule has 5 aliphatic carbocycles. The molecular weight excluding hydrogens is 448 g/mol. The summed E-state index contributed by atoms with van der Waals surface area (Å²) < 4.78 is 0. The van der Waals surface area contributed by atoms with Crippen LogP contribution in [0.15, 0.2) is 17.8 Å². The van der Waals surface area contributed by atoms with Gasteiger partial charge in [-0.2, -0.15) is 5.10 Å².